The molecule has 1 aromatic carbocycles. The van der Waals surface area contributed by atoms with Crippen LogP contribution in [0, 0.1) is 11.3 Å². The SMILES string of the molecule is CC(C)(C)OC(=O)N1CCC2(CC1)CC2CNS(=O)(=O)c1ccc(CNC(=O)c2ccc3nccn3c2)cc1. The van der Waals surface area contributed by atoms with E-state index < -0.39 is 15.6 Å². The van der Waals surface area contributed by atoms with Crippen LogP contribution in [0.2, 0.25) is 0 Å². The second-order valence-corrected chi connectivity index (χ2v) is 13.3. The number of hydrogen-bond acceptors (Lipinski definition) is 6. The van der Waals surface area contributed by atoms with Gasteiger partial charge in [0, 0.05) is 44.8 Å². The van der Waals surface area contributed by atoms with Crippen molar-refractivity contribution >= 4 is 27.7 Å². The zero-order valence-electron chi connectivity index (χ0n) is 22.5. The van der Waals surface area contributed by atoms with Gasteiger partial charge >= 0.3 is 6.09 Å². The molecular weight excluding hydrogens is 518 g/mol. The molecule has 2 fully saturated rings. The van der Waals surface area contributed by atoms with Gasteiger partial charge in [-0.2, -0.15) is 0 Å². The van der Waals surface area contributed by atoms with Crippen LogP contribution in [0.5, 0.6) is 0 Å². The van der Waals surface area contributed by atoms with E-state index in [1.54, 1.807) is 64.3 Å². The Hall–Kier alpha value is -3.44. The Morgan fingerprint density at radius 3 is 2.51 bits per heavy atom. The molecule has 2 amide bonds. The maximum Gasteiger partial charge on any atom is 0.410 e. The topological polar surface area (TPSA) is 122 Å². The monoisotopic (exact) mass is 553 g/mol. The fourth-order valence-electron chi connectivity index (χ4n) is 5.21. The molecule has 1 saturated heterocycles. The lowest BCUT2D eigenvalue weighted by Crippen LogP contribution is -2.42. The summed E-state index contributed by atoms with van der Waals surface area (Å²) in [7, 11) is -3.65. The van der Waals surface area contributed by atoms with Gasteiger partial charge in [-0.25, -0.2) is 22.9 Å². The van der Waals surface area contributed by atoms with Gasteiger partial charge in [0.2, 0.25) is 10.0 Å². The third-order valence-corrected chi connectivity index (χ3v) is 9.07. The molecule has 3 aromatic rings. The molecule has 1 aliphatic carbocycles. The van der Waals surface area contributed by atoms with E-state index >= 15 is 0 Å². The Balaban J connectivity index is 1.08. The number of amides is 2. The molecule has 2 aliphatic rings. The number of ether oxygens (including phenoxy) is 1. The van der Waals surface area contributed by atoms with Crippen molar-refractivity contribution in [3.63, 3.8) is 0 Å². The largest absolute Gasteiger partial charge is 0.444 e. The lowest BCUT2D eigenvalue weighted by atomic mass is 9.91. The molecule has 2 N–H and O–H groups in total. The molecule has 1 saturated carbocycles. The first kappa shape index (κ1) is 27.1. The van der Waals surface area contributed by atoms with Gasteiger partial charge in [0.1, 0.15) is 11.2 Å². The van der Waals surface area contributed by atoms with Gasteiger partial charge in [0.15, 0.2) is 0 Å². The lowest BCUT2D eigenvalue weighted by Gasteiger charge is -2.34. The third-order valence-electron chi connectivity index (χ3n) is 7.63. The molecule has 5 rings (SSSR count). The molecular formula is C28H35N5O5S. The predicted octanol–water partition coefficient (Wildman–Crippen LogP) is 3.58. The van der Waals surface area contributed by atoms with E-state index in [0.717, 1.165) is 30.5 Å². The van der Waals surface area contributed by atoms with Crippen LogP contribution in [0.15, 0.2) is 59.9 Å². The number of piperidine rings is 1. The maximum absolute atomic E-state index is 12.9. The standard InChI is InChI=1S/C28H35N5O5S/c1-27(2,3)38-26(35)32-13-10-28(11-14-32)16-22(28)18-31-39(36,37)23-7-4-20(5-8-23)17-30-25(34)21-6-9-24-29-12-15-33(24)19-21/h4-9,12,15,19,22,31H,10-11,13-14,16-18H2,1-3H3,(H,30,34). The van der Waals surface area contributed by atoms with E-state index in [-0.39, 0.29) is 34.8 Å². The number of hydrogen-bond donors (Lipinski definition) is 2. The number of benzene rings is 1. The molecule has 1 unspecified atom stereocenters. The van der Waals surface area contributed by atoms with Crippen molar-refractivity contribution in [3.05, 3.63) is 66.1 Å². The highest BCUT2D eigenvalue weighted by atomic mass is 32.2. The van der Waals surface area contributed by atoms with E-state index in [4.69, 9.17) is 4.74 Å². The van der Waals surface area contributed by atoms with Gasteiger partial charge < -0.3 is 19.4 Å². The fourth-order valence-corrected chi connectivity index (χ4v) is 6.29. The van der Waals surface area contributed by atoms with Gasteiger partial charge in [-0.3, -0.25) is 4.79 Å². The van der Waals surface area contributed by atoms with Crippen molar-refractivity contribution in [3.8, 4) is 0 Å². The van der Waals surface area contributed by atoms with Crippen LogP contribution >= 0.6 is 0 Å². The predicted molar refractivity (Wildman–Crippen MR) is 146 cm³/mol. The Kier molecular flexibility index (Phi) is 7.15. The minimum atomic E-state index is -3.65. The van der Waals surface area contributed by atoms with Gasteiger partial charge in [-0.05, 0) is 81.2 Å². The van der Waals surface area contributed by atoms with Crippen LogP contribution in [0.3, 0.4) is 0 Å². The van der Waals surface area contributed by atoms with Crippen LogP contribution in [0.1, 0.15) is 56.0 Å². The van der Waals surface area contributed by atoms with Crippen LogP contribution in [0.4, 0.5) is 4.79 Å². The summed E-state index contributed by atoms with van der Waals surface area (Å²) < 4.78 is 35.8. The number of imidazole rings is 1. The Morgan fingerprint density at radius 1 is 1.10 bits per heavy atom. The highest BCUT2D eigenvalue weighted by molar-refractivity contribution is 7.89. The van der Waals surface area contributed by atoms with Crippen molar-refractivity contribution in [2.75, 3.05) is 19.6 Å². The molecule has 0 radical (unpaired) electrons. The highest BCUT2D eigenvalue weighted by Gasteiger charge is 2.55. The number of carbonyl (C=O) groups is 2. The normalized spacial score (nSPS) is 18.7. The average Bonchev–Trinajstić information content (AvgIpc) is 3.33. The van der Waals surface area contributed by atoms with E-state index in [2.05, 4.69) is 15.0 Å². The summed E-state index contributed by atoms with van der Waals surface area (Å²) in [6.45, 7) is 7.50. The van der Waals surface area contributed by atoms with E-state index in [1.165, 1.54) is 0 Å². The van der Waals surface area contributed by atoms with Crippen LogP contribution < -0.4 is 10.0 Å². The number of pyridine rings is 1. The first-order chi connectivity index (χ1) is 18.4. The van der Waals surface area contributed by atoms with Crippen LogP contribution in [-0.4, -0.2) is 59.9 Å². The summed E-state index contributed by atoms with van der Waals surface area (Å²) in [6.07, 6.45) is 7.55. The fraction of sp³-hybridized carbons (Fsp3) is 0.464. The summed E-state index contributed by atoms with van der Waals surface area (Å²) in [5.74, 6) is 0.0448. The van der Waals surface area contributed by atoms with E-state index in [0.29, 0.717) is 25.2 Å². The van der Waals surface area contributed by atoms with Crippen molar-refractivity contribution in [1.82, 2.24) is 24.3 Å². The first-order valence-corrected chi connectivity index (χ1v) is 14.7. The number of nitrogens with zero attached hydrogens (tertiary/aromatic N) is 3. The summed E-state index contributed by atoms with van der Waals surface area (Å²) in [5, 5.41) is 2.86. The Morgan fingerprint density at radius 2 is 1.82 bits per heavy atom. The number of likely N-dealkylation sites (tertiary alicyclic amines) is 1. The molecule has 1 atom stereocenters. The molecule has 10 nitrogen and oxygen atoms in total. The molecule has 3 heterocycles. The number of aromatic nitrogens is 2. The number of fused-ring (bicyclic) bond motifs is 1. The van der Waals surface area contributed by atoms with E-state index in [1.807, 2.05) is 20.8 Å². The third kappa shape index (κ3) is 6.25. The second kappa shape index (κ2) is 10.3. The number of rotatable bonds is 7. The quantitative estimate of drug-likeness (QED) is 0.461. The summed E-state index contributed by atoms with van der Waals surface area (Å²) in [4.78, 5) is 31.0. The van der Waals surface area contributed by atoms with Crippen molar-refractivity contribution in [1.29, 1.82) is 0 Å². The van der Waals surface area contributed by atoms with Gasteiger partial charge in [0.25, 0.3) is 5.91 Å². The number of nitrogens with one attached hydrogen (secondary N) is 2. The molecule has 1 spiro atoms. The molecule has 0 bridgehead atoms. The molecule has 39 heavy (non-hydrogen) atoms. The van der Waals surface area contributed by atoms with Crippen LogP contribution in [0.25, 0.3) is 5.65 Å². The molecule has 1 aliphatic heterocycles. The van der Waals surface area contributed by atoms with Crippen molar-refractivity contribution in [2.45, 2.75) is 57.1 Å². The zero-order chi connectivity index (χ0) is 27.8. The minimum absolute atomic E-state index is 0.103. The van der Waals surface area contributed by atoms with Crippen molar-refractivity contribution < 1.29 is 22.7 Å². The smallest absolute Gasteiger partial charge is 0.410 e. The summed E-state index contributed by atoms with van der Waals surface area (Å²) >= 11 is 0. The molecule has 2 aromatic heterocycles. The number of carbonyl (C=O) groups excluding carboxylic acids is 2. The summed E-state index contributed by atoms with van der Waals surface area (Å²) in [6, 6.07) is 10.0. The second-order valence-electron chi connectivity index (χ2n) is 11.5. The van der Waals surface area contributed by atoms with E-state index in [9.17, 15) is 18.0 Å². The highest BCUT2D eigenvalue weighted by Crippen LogP contribution is 2.59. The number of sulfonamides is 1. The van der Waals surface area contributed by atoms with Gasteiger partial charge in [0.05, 0.1) is 10.5 Å². The zero-order valence-corrected chi connectivity index (χ0v) is 23.3. The maximum atomic E-state index is 12.9. The van der Waals surface area contributed by atoms with Crippen LogP contribution in [-0.2, 0) is 21.3 Å². The molecule has 11 heteroatoms. The van der Waals surface area contributed by atoms with Gasteiger partial charge in [-0.1, -0.05) is 12.1 Å². The Labute approximate surface area is 228 Å². The minimum Gasteiger partial charge on any atom is -0.444 e. The van der Waals surface area contributed by atoms with Crippen molar-refractivity contribution in [2.24, 2.45) is 11.3 Å². The molecule has 208 valence electrons. The average molecular weight is 554 g/mol. The lowest BCUT2D eigenvalue weighted by molar-refractivity contribution is 0.0165. The Bertz CT molecular complexity index is 1470. The first-order valence-electron chi connectivity index (χ1n) is 13.2. The summed E-state index contributed by atoms with van der Waals surface area (Å²) in [5.41, 5.74) is 1.65. The van der Waals surface area contributed by atoms with Gasteiger partial charge in [-0.15, -0.1) is 0 Å².